The number of nitrogens with zero attached hydrogens (tertiary/aromatic N) is 3. The molecule has 0 aliphatic carbocycles. The van der Waals surface area contributed by atoms with Gasteiger partial charge in [-0.1, -0.05) is 0 Å². The molecule has 0 radical (unpaired) electrons. The highest BCUT2D eigenvalue weighted by atomic mass is 19.1. The maximum atomic E-state index is 14.2. The fraction of sp³-hybridized carbons (Fsp3) is 0.333. The molecule has 0 bridgehead atoms. The molecule has 1 aliphatic heterocycles. The van der Waals surface area contributed by atoms with Crippen LogP contribution in [0.1, 0.15) is 12.8 Å². The summed E-state index contributed by atoms with van der Waals surface area (Å²) in [5, 5.41) is 2.98. The molecule has 0 atom stereocenters. The Morgan fingerprint density at radius 1 is 1.24 bits per heavy atom. The minimum atomic E-state index is -0.232. The Labute approximate surface area is 122 Å². The third-order valence-electron chi connectivity index (χ3n) is 3.49. The van der Waals surface area contributed by atoms with Gasteiger partial charge in [-0.2, -0.15) is 4.98 Å². The molecule has 0 unspecified atom stereocenters. The van der Waals surface area contributed by atoms with Gasteiger partial charge in [0.25, 0.3) is 0 Å². The van der Waals surface area contributed by atoms with Crippen LogP contribution < -0.4 is 15.0 Å². The zero-order chi connectivity index (χ0) is 14.7. The molecule has 0 amide bonds. The molecule has 0 spiro atoms. The standard InChI is InChI=1S/C15H17FN4O/c1-21-14-6-7-17-15(19-14)18-11-4-5-13(12(16)10-11)20-8-2-3-9-20/h4-7,10H,2-3,8-9H2,1H3,(H,17,18,19). The number of aromatic nitrogens is 2. The molecule has 2 aromatic rings. The summed E-state index contributed by atoms with van der Waals surface area (Å²) < 4.78 is 19.2. The van der Waals surface area contributed by atoms with E-state index in [1.54, 1.807) is 18.3 Å². The predicted octanol–water partition coefficient (Wildman–Crippen LogP) is 2.97. The van der Waals surface area contributed by atoms with Crippen molar-refractivity contribution in [2.75, 3.05) is 30.4 Å². The quantitative estimate of drug-likeness (QED) is 0.937. The van der Waals surface area contributed by atoms with Crippen LogP contribution in [0.5, 0.6) is 5.88 Å². The minimum Gasteiger partial charge on any atom is -0.481 e. The number of rotatable bonds is 4. The molecule has 1 aliphatic rings. The molecule has 1 aromatic carbocycles. The van der Waals surface area contributed by atoms with Crippen LogP contribution in [0.25, 0.3) is 0 Å². The molecule has 1 fully saturated rings. The Bertz CT molecular complexity index is 629. The Balaban J connectivity index is 1.78. The Kier molecular flexibility index (Phi) is 3.85. The fourth-order valence-corrected chi connectivity index (χ4v) is 2.44. The highest BCUT2D eigenvalue weighted by molar-refractivity contribution is 5.60. The van der Waals surface area contributed by atoms with Crippen molar-refractivity contribution in [1.82, 2.24) is 9.97 Å². The molecule has 3 rings (SSSR count). The van der Waals surface area contributed by atoms with E-state index < -0.39 is 0 Å². The van der Waals surface area contributed by atoms with Crippen molar-refractivity contribution >= 4 is 17.3 Å². The van der Waals surface area contributed by atoms with Crippen molar-refractivity contribution in [1.29, 1.82) is 0 Å². The number of hydrogen-bond donors (Lipinski definition) is 1. The number of benzene rings is 1. The zero-order valence-electron chi connectivity index (χ0n) is 11.8. The summed E-state index contributed by atoms with van der Waals surface area (Å²) in [5.74, 6) is 0.606. The fourth-order valence-electron chi connectivity index (χ4n) is 2.44. The van der Waals surface area contributed by atoms with E-state index in [4.69, 9.17) is 4.74 Å². The second-order valence-corrected chi connectivity index (χ2v) is 4.91. The zero-order valence-corrected chi connectivity index (χ0v) is 11.8. The lowest BCUT2D eigenvalue weighted by molar-refractivity contribution is 0.397. The first-order valence-electron chi connectivity index (χ1n) is 6.95. The summed E-state index contributed by atoms with van der Waals surface area (Å²) in [4.78, 5) is 10.3. The van der Waals surface area contributed by atoms with E-state index >= 15 is 0 Å². The lowest BCUT2D eigenvalue weighted by atomic mass is 10.2. The molecule has 1 N–H and O–H groups in total. The predicted molar refractivity (Wildman–Crippen MR) is 79.7 cm³/mol. The van der Waals surface area contributed by atoms with E-state index in [1.807, 2.05) is 6.07 Å². The van der Waals surface area contributed by atoms with Crippen LogP contribution in [-0.2, 0) is 0 Å². The molecule has 5 nitrogen and oxygen atoms in total. The van der Waals surface area contributed by atoms with Crippen molar-refractivity contribution < 1.29 is 9.13 Å². The summed E-state index contributed by atoms with van der Waals surface area (Å²) in [6, 6.07) is 6.75. The third-order valence-corrected chi connectivity index (χ3v) is 3.49. The highest BCUT2D eigenvalue weighted by Gasteiger charge is 2.16. The first-order chi connectivity index (χ1) is 10.3. The maximum Gasteiger partial charge on any atom is 0.230 e. The molecule has 21 heavy (non-hydrogen) atoms. The van der Waals surface area contributed by atoms with E-state index in [1.165, 1.54) is 13.2 Å². The largest absolute Gasteiger partial charge is 0.481 e. The van der Waals surface area contributed by atoms with Gasteiger partial charge in [0.2, 0.25) is 11.8 Å². The van der Waals surface area contributed by atoms with Gasteiger partial charge in [-0.15, -0.1) is 0 Å². The first-order valence-corrected chi connectivity index (χ1v) is 6.95. The molecule has 1 aromatic heterocycles. The van der Waals surface area contributed by atoms with Gasteiger partial charge in [-0.05, 0) is 31.0 Å². The summed E-state index contributed by atoms with van der Waals surface area (Å²) in [7, 11) is 1.54. The molecule has 110 valence electrons. The topological polar surface area (TPSA) is 50.3 Å². The van der Waals surface area contributed by atoms with Crippen LogP contribution in [0.3, 0.4) is 0 Å². The number of methoxy groups -OCH3 is 1. The van der Waals surface area contributed by atoms with Crippen molar-refractivity contribution in [2.45, 2.75) is 12.8 Å². The van der Waals surface area contributed by atoms with Crippen LogP contribution >= 0.6 is 0 Å². The average molecular weight is 288 g/mol. The number of hydrogen-bond acceptors (Lipinski definition) is 5. The van der Waals surface area contributed by atoms with Gasteiger partial charge < -0.3 is 15.0 Å². The lowest BCUT2D eigenvalue weighted by Gasteiger charge is -2.18. The molecule has 0 saturated carbocycles. The van der Waals surface area contributed by atoms with Crippen LogP contribution in [0.15, 0.2) is 30.5 Å². The Morgan fingerprint density at radius 2 is 2.05 bits per heavy atom. The average Bonchev–Trinajstić information content (AvgIpc) is 3.01. The van der Waals surface area contributed by atoms with Gasteiger partial charge in [-0.3, -0.25) is 0 Å². The summed E-state index contributed by atoms with van der Waals surface area (Å²) in [6.07, 6.45) is 3.83. The van der Waals surface area contributed by atoms with E-state index in [9.17, 15) is 4.39 Å². The second-order valence-electron chi connectivity index (χ2n) is 4.91. The van der Waals surface area contributed by atoms with Gasteiger partial charge in [0.05, 0.1) is 12.8 Å². The summed E-state index contributed by atoms with van der Waals surface area (Å²) >= 11 is 0. The van der Waals surface area contributed by atoms with Crippen molar-refractivity contribution in [3.8, 4) is 5.88 Å². The summed E-state index contributed by atoms with van der Waals surface area (Å²) in [6.45, 7) is 1.84. The summed E-state index contributed by atoms with van der Waals surface area (Å²) in [5.41, 5.74) is 1.27. The highest BCUT2D eigenvalue weighted by Crippen LogP contribution is 2.27. The monoisotopic (exact) mass is 288 g/mol. The molecule has 2 heterocycles. The van der Waals surface area contributed by atoms with E-state index in [2.05, 4.69) is 20.2 Å². The maximum absolute atomic E-state index is 14.2. The van der Waals surface area contributed by atoms with Gasteiger partial charge in [-0.25, -0.2) is 9.37 Å². The number of halogens is 1. The Morgan fingerprint density at radius 3 is 2.76 bits per heavy atom. The van der Waals surface area contributed by atoms with Crippen molar-refractivity contribution in [3.05, 3.63) is 36.3 Å². The molecular weight excluding hydrogens is 271 g/mol. The van der Waals surface area contributed by atoms with Gasteiger partial charge in [0.15, 0.2) is 0 Å². The molecule has 6 heteroatoms. The number of ether oxygens (including phenoxy) is 1. The van der Waals surface area contributed by atoms with Crippen LogP contribution in [0.2, 0.25) is 0 Å². The minimum absolute atomic E-state index is 0.232. The van der Waals surface area contributed by atoms with Gasteiger partial charge >= 0.3 is 0 Å². The van der Waals surface area contributed by atoms with Crippen molar-refractivity contribution in [2.24, 2.45) is 0 Å². The smallest absolute Gasteiger partial charge is 0.230 e. The lowest BCUT2D eigenvalue weighted by Crippen LogP contribution is -2.18. The van der Waals surface area contributed by atoms with E-state index in [0.717, 1.165) is 25.9 Å². The van der Waals surface area contributed by atoms with E-state index in [-0.39, 0.29) is 5.82 Å². The van der Waals surface area contributed by atoms with Crippen LogP contribution in [0.4, 0.5) is 21.7 Å². The van der Waals surface area contributed by atoms with Crippen LogP contribution in [-0.4, -0.2) is 30.2 Å². The molecular formula is C15H17FN4O. The van der Waals surface area contributed by atoms with Crippen LogP contribution in [0, 0.1) is 5.82 Å². The van der Waals surface area contributed by atoms with Gasteiger partial charge in [0, 0.05) is 31.0 Å². The second kappa shape index (κ2) is 5.95. The van der Waals surface area contributed by atoms with Crippen molar-refractivity contribution in [3.63, 3.8) is 0 Å². The normalized spacial score (nSPS) is 14.3. The third kappa shape index (κ3) is 3.04. The first kappa shape index (κ1) is 13.6. The number of nitrogens with one attached hydrogen (secondary N) is 1. The SMILES string of the molecule is COc1ccnc(Nc2ccc(N3CCCC3)c(F)c2)n1. The Hall–Kier alpha value is -2.37. The molecule has 1 saturated heterocycles. The number of anilines is 3. The van der Waals surface area contributed by atoms with E-state index in [0.29, 0.717) is 23.2 Å². The van der Waals surface area contributed by atoms with Gasteiger partial charge in [0.1, 0.15) is 5.82 Å².